The Hall–Kier alpha value is -2.16. The third-order valence-electron chi connectivity index (χ3n) is 6.63. The number of amides is 1. The van der Waals surface area contributed by atoms with E-state index in [4.69, 9.17) is 9.72 Å². The average Bonchev–Trinajstić information content (AvgIpc) is 3.46. The van der Waals surface area contributed by atoms with Crippen molar-refractivity contribution >= 4 is 44.9 Å². The summed E-state index contributed by atoms with van der Waals surface area (Å²) < 4.78 is 7.61. The lowest BCUT2D eigenvalue weighted by Crippen LogP contribution is -2.31. The number of rotatable bonds is 6. The van der Waals surface area contributed by atoms with E-state index in [0.29, 0.717) is 17.6 Å². The molecule has 5 rings (SSSR count). The van der Waals surface area contributed by atoms with Gasteiger partial charge in [0.15, 0.2) is 5.16 Å². The summed E-state index contributed by atoms with van der Waals surface area (Å²) in [7, 11) is 1.78. The molecule has 2 aliphatic rings. The van der Waals surface area contributed by atoms with Crippen molar-refractivity contribution < 1.29 is 9.53 Å². The fraction of sp³-hybridized carbons (Fsp3) is 0.480. The smallest absolute Gasteiger partial charge is 0.263 e. The van der Waals surface area contributed by atoms with Crippen LogP contribution < -0.4 is 10.5 Å². The Bertz CT molecular complexity index is 1220. The van der Waals surface area contributed by atoms with Crippen LogP contribution in [0.3, 0.4) is 0 Å². The van der Waals surface area contributed by atoms with Crippen molar-refractivity contribution in [2.75, 3.05) is 24.3 Å². The molecule has 3 aromatic rings. The highest BCUT2D eigenvalue weighted by molar-refractivity contribution is 7.99. The first-order chi connectivity index (χ1) is 16.0. The number of para-hydroxylation sites is 1. The van der Waals surface area contributed by atoms with Gasteiger partial charge < -0.3 is 9.64 Å². The summed E-state index contributed by atoms with van der Waals surface area (Å²) >= 11 is 3.01. The third kappa shape index (κ3) is 4.61. The predicted molar refractivity (Wildman–Crippen MR) is 135 cm³/mol. The van der Waals surface area contributed by atoms with E-state index in [1.807, 2.05) is 30.3 Å². The molecule has 1 saturated heterocycles. The van der Waals surface area contributed by atoms with Crippen molar-refractivity contribution in [2.45, 2.75) is 56.8 Å². The standard InChI is InChI=1S/C25H29N3O3S2/c1-16-10-11-19-20(13-16)33-23-22(19)24(30)28(14-18-9-6-12-31-18)25(26-23)32-15-21(29)27(2)17-7-4-3-5-8-17/h3-5,7-8,16,18H,6,9-15H2,1-2H3. The van der Waals surface area contributed by atoms with Crippen LogP contribution in [0.1, 0.15) is 36.6 Å². The van der Waals surface area contributed by atoms with Gasteiger partial charge in [0.25, 0.3) is 5.56 Å². The number of carbonyl (C=O) groups is 1. The molecule has 0 radical (unpaired) electrons. The van der Waals surface area contributed by atoms with E-state index in [2.05, 4.69) is 6.92 Å². The van der Waals surface area contributed by atoms with Crippen LogP contribution >= 0.6 is 23.1 Å². The molecule has 0 N–H and O–H groups in total. The maximum absolute atomic E-state index is 13.7. The third-order valence-corrected chi connectivity index (χ3v) is 8.74. The van der Waals surface area contributed by atoms with Gasteiger partial charge in [-0.05, 0) is 55.7 Å². The largest absolute Gasteiger partial charge is 0.376 e. The lowest BCUT2D eigenvalue weighted by molar-refractivity contribution is -0.115. The molecule has 1 aliphatic heterocycles. The first-order valence-electron chi connectivity index (χ1n) is 11.6. The van der Waals surface area contributed by atoms with Crippen molar-refractivity contribution in [3.8, 4) is 0 Å². The topological polar surface area (TPSA) is 64.4 Å². The molecule has 0 saturated carbocycles. The van der Waals surface area contributed by atoms with Crippen molar-refractivity contribution in [3.63, 3.8) is 0 Å². The fourth-order valence-electron chi connectivity index (χ4n) is 4.69. The van der Waals surface area contributed by atoms with Gasteiger partial charge in [-0.1, -0.05) is 36.9 Å². The number of hydrogen-bond acceptors (Lipinski definition) is 6. The van der Waals surface area contributed by atoms with Crippen molar-refractivity contribution in [2.24, 2.45) is 5.92 Å². The molecule has 1 aliphatic carbocycles. The van der Waals surface area contributed by atoms with Crippen molar-refractivity contribution in [1.29, 1.82) is 0 Å². The van der Waals surface area contributed by atoms with Gasteiger partial charge in [-0.3, -0.25) is 14.2 Å². The zero-order chi connectivity index (χ0) is 22.9. The van der Waals surface area contributed by atoms with Gasteiger partial charge in [0, 0.05) is 24.2 Å². The summed E-state index contributed by atoms with van der Waals surface area (Å²) in [5.41, 5.74) is 2.07. The molecule has 8 heteroatoms. The normalized spacial score (nSPS) is 20.2. The van der Waals surface area contributed by atoms with Crippen LogP contribution in [0.5, 0.6) is 0 Å². The minimum atomic E-state index is -0.0245. The number of aromatic nitrogens is 2. The minimum Gasteiger partial charge on any atom is -0.376 e. The van der Waals surface area contributed by atoms with Crippen LogP contribution in [0.4, 0.5) is 5.69 Å². The Morgan fingerprint density at radius 3 is 2.88 bits per heavy atom. The SMILES string of the molecule is CC1CCc2c(sc3nc(SCC(=O)N(C)c4ccccc4)n(CC4CCCO4)c(=O)c23)C1. The van der Waals surface area contributed by atoms with Gasteiger partial charge >= 0.3 is 0 Å². The Kier molecular flexibility index (Phi) is 6.58. The Morgan fingerprint density at radius 2 is 2.12 bits per heavy atom. The molecular weight excluding hydrogens is 454 g/mol. The molecule has 0 spiro atoms. The molecule has 1 fully saturated rings. The predicted octanol–water partition coefficient (Wildman–Crippen LogP) is 4.52. The molecule has 33 heavy (non-hydrogen) atoms. The van der Waals surface area contributed by atoms with Gasteiger partial charge in [0.05, 0.1) is 23.8 Å². The molecule has 2 atom stereocenters. The molecular formula is C25H29N3O3S2. The number of aryl methyl sites for hydroxylation is 1. The van der Waals surface area contributed by atoms with Crippen LogP contribution in [0.25, 0.3) is 10.2 Å². The van der Waals surface area contributed by atoms with E-state index in [0.717, 1.165) is 54.6 Å². The number of hydrogen-bond donors (Lipinski definition) is 0. The van der Waals surface area contributed by atoms with Crippen LogP contribution in [0.15, 0.2) is 40.3 Å². The minimum absolute atomic E-state index is 0.0221. The number of ether oxygens (including phenoxy) is 1. The zero-order valence-electron chi connectivity index (χ0n) is 19.1. The van der Waals surface area contributed by atoms with Gasteiger partial charge in [-0.25, -0.2) is 4.98 Å². The second-order valence-electron chi connectivity index (χ2n) is 9.05. The number of carbonyl (C=O) groups excluding carboxylic acids is 1. The monoisotopic (exact) mass is 483 g/mol. The van der Waals surface area contributed by atoms with Crippen molar-refractivity contribution in [3.05, 3.63) is 51.1 Å². The van der Waals surface area contributed by atoms with Crippen LogP contribution in [-0.4, -0.2) is 41.0 Å². The number of thiophene rings is 1. The van der Waals surface area contributed by atoms with E-state index in [1.54, 1.807) is 27.9 Å². The molecule has 174 valence electrons. The van der Waals surface area contributed by atoms with Gasteiger partial charge in [-0.2, -0.15) is 0 Å². The number of fused-ring (bicyclic) bond motifs is 3. The molecule has 2 aromatic heterocycles. The summed E-state index contributed by atoms with van der Waals surface area (Å²) in [6, 6.07) is 9.59. The second-order valence-corrected chi connectivity index (χ2v) is 11.1. The summed E-state index contributed by atoms with van der Waals surface area (Å²) in [5.74, 6) is 0.833. The Balaban J connectivity index is 1.47. The van der Waals surface area contributed by atoms with E-state index >= 15 is 0 Å². The molecule has 3 heterocycles. The van der Waals surface area contributed by atoms with E-state index in [9.17, 15) is 9.59 Å². The highest BCUT2D eigenvalue weighted by Gasteiger charge is 2.27. The first kappa shape index (κ1) is 22.6. The molecule has 2 unspecified atom stereocenters. The molecule has 1 amide bonds. The molecule has 6 nitrogen and oxygen atoms in total. The van der Waals surface area contributed by atoms with Crippen LogP contribution in [-0.2, 0) is 28.9 Å². The van der Waals surface area contributed by atoms with E-state index < -0.39 is 0 Å². The zero-order valence-corrected chi connectivity index (χ0v) is 20.7. The fourth-order valence-corrected chi connectivity index (χ4v) is 7.03. The molecule has 1 aromatic carbocycles. The second kappa shape index (κ2) is 9.60. The summed E-state index contributed by atoms with van der Waals surface area (Å²) in [5, 5.41) is 1.40. The first-order valence-corrected chi connectivity index (χ1v) is 13.4. The quantitative estimate of drug-likeness (QED) is 0.381. The number of nitrogens with zero attached hydrogens (tertiary/aromatic N) is 3. The maximum atomic E-state index is 13.7. The lowest BCUT2D eigenvalue weighted by Gasteiger charge is -2.19. The number of anilines is 1. The summed E-state index contributed by atoms with van der Waals surface area (Å²) in [6.07, 6.45) is 5.07. The van der Waals surface area contributed by atoms with Crippen molar-refractivity contribution in [1.82, 2.24) is 9.55 Å². The highest BCUT2D eigenvalue weighted by Crippen LogP contribution is 2.36. The lowest BCUT2D eigenvalue weighted by atomic mass is 9.89. The number of benzene rings is 1. The summed E-state index contributed by atoms with van der Waals surface area (Å²) in [4.78, 5) is 35.3. The average molecular weight is 484 g/mol. The van der Waals surface area contributed by atoms with E-state index in [-0.39, 0.29) is 23.3 Å². The van der Waals surface area contributed by atoms with Gasteiger partial charge in [0.1, 0.15) is 4.83 Å². The van der Waals surface area contributed by atoms with Crippen LogP contribution in [0.2, 0.25) is 0 Å². The Morgan fingerprint density at radius 1 is 1.30 bits per heavy atom. The Labute approximate surface area is 202 Å². The summed E-state index contributed by atoms with van der Waals surface area (Å²) in [6.45, 7) is 3.50. The van der Waals surface area contributed by atoms with Crippen LogP contribution in [0, 0.1) is 5.92 Å². The van der Waals surface area contributed by atoms with Gasteiger partial charge in [0.2, 0.25) is 5.91 Å². The highest BCUT2D eigenvalue weighted by atomic mass is 32.2. The van der Waals surface area contributed by atoms with E-state index in [1.165, 1.54) is 22.2 Å². The number of thioether (sulfide) groups is 1. The maximum Gasteiger partial charge on any atom is 0.263 e. The molecule has 0 bridgehead atoms. The van der Waals surface area contributed by atoms with Gasteiger partial charge in [-0.15, -0.1) is 11.3 Å².